The number of piperidine rings is 1. The van der Waals surface area contributed by atoms with Gasteiger partial charge in [0.15, 0.2) is 0 Å². The number of nitrogens with zero attached hydrogens (tertiary/aromatic N) is 3. The van der Waals surface area contributed by atoms with Gasteiger partial charge in [0.25, 0.3) is 0 Å². The number of hydrogen-bond donors (Lipinski definition) is 1. The third kappa shape index (κ3) is 2.82. The molecule has 1 aromatic carbocycles. The minimum absolute atomic E-state index is 0.201. The van der Waals surface area contributed by atoms with Crippen molar-refractivity contribution in [1.29, 1.82) is 0 Å². The van der Waals surface area contributed by atoms with Gasteiger partial charge < -0.3 is 10.2 Å². The zero-order chi connectivity index (χ0) is 13.8. The third-order valence-electron chi connectivity index (χ3n) is 3.58. The first-order chi connectivity index (χ1) is 9.83. The minimum Gasteiger partial charge on any atom is -0.372 e. The first kappa shape index (κ1) is 12.7. The smallest absolute Gasteiger partial charge is 0.331 e. The van der Waals surface area contributed by atoms with E-state index in [1.54, 1.807) is 12.4 Å². The molecule has 0 atom stereocenters. The highest BCUT2D eigenvalue weighted by Crippen LogP contribution is 2.21. The molecule has 0 saturated carbocycles. The van der Waals surface area contributed by atoms with Crippen LogP contribution >= 0.6 is 0 Å². The van der Waals surface area contributed by atoms with Gasteiger partial charge in [-0.15, -0.1) is 0 Å². The van der Waals surface area contributed by atoms with Gasteiger partial charge in [-0.2, -0.15) is 0 Å². The average Bonchev–Trinajstić information content (AvgIpc) is 3.03. The summed E-state index contributed by atoms with van der Waals surface area (Å²) in [4.78, 5) is 18.1. The van der Waals surface area contributed by atoms with Gasteiger partial charge in [-0.3, -0.25) is 4.57 Å². The van der Waals surface area contributed by atoms with Crippen molar-refractivity contribution in [3.63, 3.8) is 0 Å². The highest BCUT2D eigenvalue weighted by Gasteiger charge is 2.11. The van der Waals surface area contributed by atoms with E-state index in [4.69, 9.17) is 0 Å². The summed E-state index contributed by atoms with van der Waals surface area (Å²) in [6, 6.07) is 7.81. The second kappa shape index (κ2) is 5.77. The molecule has 2 heterocycles. The van der Waals surface area contributed by atoms with Crippen LogP contribution < -0.4 is 10.2 Å². The summed E-state index contributed by atoms with van der Waals surface area (Å²) in [5, 5.41) is 2.84. The molecule has 0 unspecified atom stereocenters. The number of benzene rings is 1. The maximum atomic E-state index is 11.9. The lowest BCUT2D eigenvalue weighted by atomic mass is 10.1. The molecular weight excluding hydrogens is 252 g/mol. The fraction of sp³-hybridized carbons (Fsp3) is 0.333. The van der Waals surface area contributed by atoms with Crippen molar-refractivity contribution in [3.05, 3.63) is 43.0 Å². The van der Waals surface area contributed by atoms with Crippen LogP contribution in [0.5, 0.6) is 0 Å². The predicted octanol–water partition coefficient (Wildman–Crippen LogP) is 2.95. The van der Waals surface area contributed by atoms with Crippen LogP contribution in [0.25, 0.3) is 0 Å². The third-order valence-corrected chi connectivity index (χ3v) is 3.58. The Labute approximate surface area is 118 Å². The topological polar surface area (TPSA) is 50.2 Å². The molecule has 5 heteroatoms. The molecule has 3 rings (SSSR count). The molecule has 0 bridgehead atoms. The number of rotatable bonds is 2. The molecule has 5 nitrogen and oxygen atoms in total. The van der Waals surface area contributed by atoms with Crippen LogP contribution in [-0.2, 0) is 0 Å². The number of aromatic nitrogens is 2. The lowest BCUT2D eigenvalue weighted by Gasteiger charge is -2.28. The zero-order valence-corrected chi connectivity index (χ0v) is 11.3. The van der Waals surface area contributed by atoms with Crippen LogP contribution in [0.15, 0.2) is 43.0 Å². The van der Waals surface area contributed by atoms with Gasteiger partial charge in [-0.1, -0.05) is 0 Å². The lowest BCUT2D eigenvalue weighted by molar-refractivity contribution is 0.253. The Morgan fingerprint density at radius 2 is 1.85 bits per heavy atom. The van der Waals surface area contributed by atoms with Crippen molar-refractivity contribution in [3.8, 4) is 0 Å². The molecule has 1 saturated heterocycles. The monoisotopic (exact) mass is 270 g/mol. The lowest BCUT2D eigenvalue weighted by Crippen LogP contribution is -2.29. The van der Waals surface area contributed by atoms with Crippen LogP contribution in [0.2, 0.25) is 0 Å². The molecule has 1 aromatic heterocycles. The first-order valence-corrected chi connectivity index (χ1v) is 6.97. The van der Waals surface area contributed by atoms with Gasteiger partial charge in [-0.25, -0.2) is 9.78 Å². The largest absolute Gasteiger partial charge is 0.372 e. The summed E-state index contributed by atoms with van der Waals surface area (Å²) < 4.78 is 1.42. The van der Waals surface area contributed by atoms with Gasteiger partial charge in [0.1, 0.15) is 6.33 Å². The Balaban J connectivity index is 1.65. The van der Waals surface area contributed by atoms with Crippen molar-refractivity contribution in [1.82, 2.24) is 9.55 Å². The van der Waals surface area contributed by atoms with E-state index in [9.17, 15) is 4.79 Å². The number of carbonyl (C=O) groups excluding carboxylic acids is 1. The Bertz CT molecular complexity index is 556. The maximum absolute atomic E-state index is 11.9. The van der Waals surface area contributed by atoms with Crippen molar-refractivity contribution in [2.75, 3.05) is 23.3 Å². The quantitative estimate of drug-likeness (QED) is 0.912. The van der Waals surface area contributed by atoms with Crippen LogP contribution in [0.3, 0.4) is 0 Å². The number of nitrogens with one attached hydrogen (secondary N) is 1. The summed E-state index contributed by atoms with van der Waals surface area (Å²) in [6.45, 7) is 2.25. The molecule has 1 aliphatic rings. The molecular formula is C15H18N4O. The molecule has 0 spiro atoms. The van der Waals surface area contributed by atoms with E-state index in [1.165, 1.54) is 35.8 Å². The fourth-order valence-electron chi connectivity index (χ4n) is 2.47. The second-order valence-electron chi connectivity index (χ2n) is 4.99. The number of imidazole rings is 1. The Morgan fingerprint density at radius 1 is 1.10 bits per heavy atom. The Kier molecular flexibility index (Phi) is 3.67. The van der Waals surface area contributed by atoms with E-state index in [2.05, 4.69) is 27.3 Å². The summed E-state index contributed by atoms with van der Waals surface area (Å²) in [6.07, 6.45) is 8.54. The van der Waals surface area contributed by atoms with Crippen molar-refractivity contribution in [2.45, 2.75) is 19.3 Å². The van der Waals surface area contributed by atoms with Gasteiger partial charge in [-0.05, 0) is 43.5 Å². The molecule has 1 N–H and O–H groups in total. The van der Waals surface area contributed by atoms with Crippen LogP contribution in [-0.4, -0.2) is 28.7 Å². The number of carbonyl (C=O) groups is 1. The normalized spacial score (nSPS) is 15.1. The minimum atomic E-state index is -0.201. The van der Waals surface area contributed by atoms with E-state index in [1.807, 2.05) is 12.1 Å². The molecule has 0 aliphatic carbocycles. The SMILES string of the molecule is O=C(Nc1ccc(N2CCCCC2)cc1)n1ccnc1. The molecule has 1 aliphatic heterocycles. The van der Waals surface area contributed by atoms with E-state index < -0.39 is 0 Å². The van der Waals surface area contributed by atoms with Gasteiger partial charge >= 0.3 is 6.03 Å². The molecule has 0 radical (unpaired) electrons. The number of hydrogen-bond acceptors (Lipinski definition) is 3. The average molecular weight is 270 g/mol. The zero-order valence-electron chi connectivity index (χ0n) is 11.3. The number of anilines is 2. The van der Waals surface area contributed by atoms with Gasteiger partial charge in [0.2, 0.25) is 0 Å². The summed E-state index contributed by atoms with van der Waals surface area (Å²) in [5.74, 6) is 0. The first-order valence-electron chi connectivity index (χ1n) is 6.97. The van der Waals surface area contributed by atoms with Crippen molar-refractivity contribution < 1.29 is 4.79 Å². The molecule has 1 fully saturated rings. The molecule has 104 valence electrons. The fourth-order valence-corrected chi connectivity index (χ4v) is 2.47. The van der Waals surface area contributed by atoms with Crippen LogP contribution in [0, 0.1) is 0 Å². The van der Waals surface area contributed by atoms with Crippen molar-refractivity contribution >= 4 is 17.4 Å². The van der Waals surface area contributed by atoms with Gasteiger partial charge in [0.05, 0.1) is 0 Å². The molecule has 1 amide bonds. The standard InChI is InChI=1S/C15H18N4O/c20-15(19-11-8-16-12-19)17-13-4-6-14(7-5-13)18-9-2-1-3-10-18/h4-8,11-12H,1-3,9-10H2,(H,17,20). The van der Waals surface area contributed by atoms with E-state index in [0.29, 0.717) is 0 Å². The number of amides is 1. The van der Waals surface area contributed by atoms with E-state index in [-0.39, 0.29) is 6.03 Å². The van der Waals surface area contributed by atoms with Crippen LogP contribution in [0.4, 0.5) is 16.2 Å². The summed E-state index contributed by atoms with van der Waals surface area (Å²) in [7, 11) is 0. The predicted molar refractivity (Wildman–Crippen MR) is 79.1 cm³/mol. The Morgan fingerprint density at radius 3 is 2.50 bits per heavy atom. The van der Waals surface area contributed by atoms with Crippen molar-refractivity contribution in [2.24, 2.45) is 0 Å². The Hall–Kier alpha value is -2.30. The summed E-state index contributed by atoms with van der Waals surface area (Å²) in [5.41, 5.74) is 2.02. The highest BCUT2D eigenvalue weighted by molar-refractivity contribution is 5.91. The van der Waals surface area contributed by atoms with E-state index in [0.717, 1.165) is 18.8 Å². The molecule has 2 aromatic rings. The summed E-state index contributed by atoms with van der Waals surface area (Å²) >= 11 is 0. The second-order valence-corrected chi connectivity index (χ2v) is 4.99. The molecule has 20 heavy (non-hydrogen) atoms. The van der Waals surface area contributed by atoms with Crippen LogP contribution in [0.1, 0.15) is 19.3 Å². The van der Waals surface area contributed by atoms with E-state index >= 15 is 0 Å². The maximum Gasteiger partial charge on any atom is 0.331 e. The highest BCUT2D eigenvalue weighted by atomic mass is 16.2. The van der Waals surface area contributed by atoms with Gasteiger partial charge in [0, 0.05) is 36.9 Å².